The zero-order valence-corrected chi connectivity index (χ0v) is 6.04. The number of aromatic amines is 1. The normalized spacial score (nSPS) is 10.6. The topological polar surface area (TPSA) is 54.7 Å². The summed E-state index contributed by atoms with van der Waals surface area (Å²) < 4.78 is 0. The third-order valence-electron chi connectivity index (χ3n) is 1.78. The summed E-state index contributed by atoms with van der Waals surface area (Å²) in [5.41, 5.74) is 7.66. The van der Waals surface area contributed by atoms with Gasteiger partial charge in [-0.05, 0) is 11.6 Å². The fourth-order valence-corrected chi connectivity index (χ4v) is 1.20. The summed E-state index contributed by atoms with van der Waals surface area (Å²) in [4.78, 5) is 7.12. The molecule has 0 saturated carbocycles. The number of nitrogens with two attached hydrogens (primary N) is 1. The van der Waals surface area contributed by atoms with Crippen molar-refractivity contribution in [3.63, 3.8) is 0 Å². The van der Waals surface area contributed by atoms with Gasteiger partial charge in [-0.3, -0.25) is 4.98 Å². The highest BCUT2D eigenvalue weighted by Crippen LogP contribution is 2.14. The Morgan fingerprint density at radius 2 is 2.36 bits per heavy atom. The molecule has 0 bridgehead atoms. The van der Waals surface area contributed by atoms with Gasteiger partial charge in [0.15, 0.2) is 0 Å². The zero-order chi connectivity index (χ0) is 7.68. The number of nitrogens with one attached hydrogen (secondary N) is 1. The molecular weight excluding hydrogens is 138 g/mol. The molecule has 0 aromatic carbocycles. The number of H-pyrrole nitrogens is 1. The third kappa shape index (κ3) is 0.897. The second-order valence-electron chi connectivity index (χ2n) is 2.44. The van der Waals surface area contributed by atoms with Crippen molar-refractivity contribution in [2.24, 2.45) is 5.73 Å². The van der Waals surface area contributed by atoms with E-state index in [0.29, 0.717) is 6.54 Å². The molecule has 2 aromatic rings. The van der Waals surface area contributed by atoms with E-state index < -0.39 is 0 Å². The van der Waals surface area contributed by atoms with E-state index in [1.165, 1.54) is 5.39 Å². The number of nitrogens with zero attached hydrogens (tertiary/aromatic N) is 1. The van der Waals surface area contributed by atoms with Crippen LogP contribution in [0.2, 0.25) is 0 Å². The Hall–Kier alpha value is -1.35. The van der Waals surface area contributed by atoms with Crippen molar-refractivity contribution < 1.29 is 0 Å². The molecule has 0 fully saturated rings. The standard InChI is InChI=1S/C8H9N3/c9-3-6-4-10-5-8-7(6)1-2-11-8/h1-2,4-5,11H,3,9H2. The Morgan fingerprint density at radius 3 is 3.18 bits per heavy atom. The average Bonchev–Trinajstić information content (AvgIpc) is 2.50. The SMILES string of the molecule is NCc1cncc2[nH]ccc12. The van der Waals surface area contributed by atoms with Crippen molar-refractivity contribution in [2.45, 2.75) is 6.54 Å². The molecule has 0 unspecified atom stereocenters. The van der Waals surface area contributed by atoms with Crippen LogP contribution in [0.3, 0.4) is 0 Å². The Morgan fingerprint density at radius 1 is 1.45 bits per heavy atom. The molecular formula is C8H9N3. The molecule has 2 heterocycles. The first-order valence-corrected chi connectivity index (χ1v) is 3.52. The highest BCUT2D eigenvalue weighted by Gasteiger charge is 1.98. The molecule has 0 saturated heterocycles. The van der Waals surface area contributed by atoms with Crippen LogP contribution in [0.1, 0.15) is 5.56 Å². The predicted molar refractivity (Wildman–Crippen MR) is 44.0 cm³/mol. The lowest BCUT2D eigenvalue weighted by molar-refractivity contribution is 1.07. The lowest BCUT2D eigenvalue weighted by Crippen LogP contribution is -1.96. The van der Waals surface area contributed by atoms with E-state index in [-0.39, 0.29) is 0 Å². The molecule has 2 aromatic heterocycles. The third-order valence-corrected chi connectivity index (χ3v) is 1.78. The largest absolute Gasteiger partial charge is 0.360 e. The van der Waals surface area contributed by atoms with E-state index in [9.17, 15) is 0 Å². The maximum atomic E-state index is 5.52. The molecule has 56 valence electrons. The fraction of sp³-hybridized carbons (Fsp3) is 0.125. The average molecular weight is 147 g/mol. The van der Waals surface area contributed by atoms with Crippen molar-refractivity contribution in [2.75, 3.05) is 0 Å². The molecule has 0 radical (unpaired) electrons. The van der Waals surface area contributed by atoms with Gasteiger partial charge in [0.1, 0.15) is 0 Å². The quantitative estimate of drug-likeness (QED) is 0.632. The summed E-state index contributed by atoms with van der Waals surface area (Å²) in [6.07, 6.45) is 5.50. The summed E-state index contributed by atoms with van der Waals surface area (Å²) in [5, 5.41) is 1.17. The molecule has 0 atom stereocenters. The summed E-state index contributed by atoms with van der Waals surface area (Å²) in [6, 6.07) is 2.01. The van der Waals surface area contributed by atoms with Crippen molar-refractivity contribution in [1.29, 1.82) is 0 Å². The van der Waals surface area contributed by atoms with E-state index in [0.717, 1.165) is 11.1 Å². The number of hydrogen-bond acceptors (Lipinski definition) is 2. The minimum absolute atomic E-state index is 0.544. The first-order chi connectivity index (χ1) is 5.42. The van der Waals surface area contributed by atoms with Gasteiger partial charge in [-0.1, -0.05) is 0 Å². The van der Waals surface area contributed by atoms with Gasteiger partial charge in [0.05, 0.1) is 11.7 Å². The number of rotatable bonds is 1. The molecule has 3 N–H and O–H groups in total. The first-order valence-electron chi connectivity index (χ1n) is 3.52. The van der Waals surface area contributed by atoms with Crippen molar-refractivity contribution in [1.82, 2.24) is 9.97 Å². The van der Waals surface area contributed by atoms with Gasteiger partial charge >= 0.3 is 0 Å². The van der Waals surface area contributed by atoms with Gasteiger partial charge in [-0.25, -0.2) is 0 Å². The number of fused-ring (bicyclic) bond motifs is 1. The van der Waals surface area contributed by atoms with Crippen LogP contribution >= 0.6 is 0 Å². The van der Waals surface area contributed by atoms with E-state index in [4.69, 9.17) is 5.73 Å². The van der Waals surface area contributed by atoms with Crippen molar-refractivity contribution in [3.05, 3.63) is 30.2 Å². The Kier molecular flexibility index (Phi) is 1.36. The van der Waals surface area contributed by atoms with Crippen LogP contribution < -0.4 is 5.73 Å². The summed E-state index contributed by atoms with van der Waals surface area (Å²) in [7, 11) is 0. The van der Waals surface area contributed by atoms with Crippen LogP contribution in [0.25, 0.3) is 10.9 Å². The molecule has 0 aliphatic heterocycles. The molecule has 0 aliphatic rings. The zero-order valence-electron chi connectivity index (χ0n) is 6.04. The first kappa shape index (κ1) is 6.37. The van der Waals surface area contributed by atoms with Crippen LogP contribution in [0.15, 0.2) is 24.7 Å². The van der Waals surface area contributed by atoms with E-state index >= 15 is 0 Å². The summed E-state index contributed by atoms with van der Waals surface area (Å²) in [6.45, 7) is 0.544. The highest BCUT2D eigenvalue weighted by molar-refractivity contribution is 5.81. The van der Waals surface area contributed by atoms with Gasteiger partial charge in [-0.15, -0.1) is 0 Å². The number of hydrogen-bond donors (Lipinski definition) is 2. The van der Waals surface area contributed by atoms with Crippen LogP contribution in [0.4, 0.5) is 0 Å². The lowest BCUT2D eigenvalue weighted by atomic mass is 10.2. The maximum Gasteiger partial charge on any atom is 0.0643 e. The van der Waals surface area contributed by atoms with Crippen molar-refractivity contribution >= 4 is 10.9 Å². The smallest absolute Gasteiger partial charge is 0.0643 e. The molecule has 3 heteroatoms. The Labute approximate surface area is 64.2 Å². The van der Waals surface area contributed by atoms with E-state index in [1.807, 2.05) is 12.3 Å². The molecule has 3 nitrogen and oxygen atoms in total. The Bertz CT molecular complexity index is 364. The van der Waals surface area contributed by atoms with Gasteiger partial charge < -0.3 is 10.7 Å². The summed E-state index contributed by atoms with van der Waals surface area (Å²) >= 11 is 0. The highest BCUT2D eigenvalue weighted by atomic mass is 14.7. The predicted octanol–water partition coefficient (Wildman–Crippen LogP) is 1.02. The van der Waals surface area contributed by atoms with Gasteiger partial charge in [0, 0.05) is 24.3 Å². The van der Waals surface area contributed by atoms with Gasteiger partial charge in [-0.2, -0.15) is 0 Å². The molecule has 11 heavy (non-hydrogen) atoms. The van der Waals surface area contributed by atoms with Crippen molar-refractivity contribution in [3.8, 4) is 0 Å². The van der Waals surface area contributed by atoms with E-state index in [1.54, 1.807) is 12.4 Å². The lowest BCUT2D eigenvalue weighted by Gasteiger charge is -1.96. The van der Waals surface area contributed by atoms with Gasteiger partial charge in [0.25, 0.3) is 0 Å². The van der Waals surface area contributed by atoms with Crippen LogP contribution in [-0.2, 0) is 6.54 Å². The number of aromatic nitrogens is 2. The molecule has 0 aliphatic carbocycles. The minimum atomic E-state index is 0.544. The second kappa shape index (κ2) is 2.36. The molecule has 0 spiro atoms. The minimum Gasteiger partial charge on any atom is -0.360 e. The summed E-state index contributed by atoms with van der Waals surface area (Å²) in [5.74, 6) is 0. The van der Waals surface area contributed by atoms with E-state index in [2.05, 4.69) is 9.97 Å². The van der Waals surface area contributed by atoms with Crippen LogP contribution in [-0.4, -0.2) is 9.97 Å². The van der Waals surface area contributed by atoms with Crippen LogP contribution in [0, 0.1) is 0 Å². The maximum absolute atomic E-state index is 5.52. The monoisotopic (exact) mass is 147 g/mol. The van der Waals surface area contributed by atoms with Gasteiger partial charge in [0.2, 0.25) is 0 Å². The molecule has 2 rings (SSSR count). The number of pyridine rings is 1. The molecule has 0 amide bonds. The second-order valence-corrected chi connectivity index (χ2v) is 2.44. The fourth-order valence-electron chi connectivity index (χ4n) is 1.20. The van der Waals surface area contributed by atoms with Crippen LogP contribution in [0.5, 0.6) is 0 Å². The Balaban J connectivity index is 2.79.